The van der Waals surface area contributed by atoms with Gasteiger partial charge in [0, 0.05) is 0 Å². The summed E-state index contributed by atoms with van der Waals surface area (Å²) in [6, 6.07) is 7.74. The Bertz CT molecular complexity index is 727. The van der Waals surface area contributed by atoms with Crippen LogP contribution < -0.4 is 10.5 Å². The summed E-state index contributed by atoms with van der Waals surface area (Å²) in [5, 5.41) is 8.34. The van der Waals surface area contributed by atoms with E-state index in [9.17, 15) is 0 Å². The minimum Gasteiger partial charge on any atom is -0.496 e. The van der Waals surface area contributed by atoms with Crippen LogP contribution in [0.3, 0.4) is 0 Å². The van der Waals surface area contributed by atoms with Crippen LogP contribution in [0, 0.1) is 0 Å². The molecule has 7 heteroatoms. The van der Waals surface area contributed by atoms with Crippen LogP contribution in [0.1, 0.15) is 0 Å². The van der Waals surface area contributed by atoms with Gasteiger partial charge in [-0.25, -0.2) is 4.98 Å². The van der Waals surface area contributed by atoms with Crippen molar-refractivity contribution >= 4 is 28.7 Å². The third-order valence-corrected chi connectivity index (χ3v) is 3.63. The molecule has 1 aromatic carbocycles. The summed E-state index contributed by atoms with van der Waals surface area (Å²) in [5.74, 6) is 1.01. The maximum absolute atomic E-state index is 5.69. The van der Waals surface area contributed by atoms with Crippen LogP contribution in [-0.4, -0.2) is 27.3 Å². The van der Waals surface area contributed by atoms with Gasteiger partial charge >= 0.3 is 0 Å². The first-order valence-electron chi connectivity index (χ1n) is 5.55. The molecule has 0 amide bonds. The number of benzene rings is 1. The molecule has 0 saturated carbocycles. The third-order valence-electron chi connectivity index (χ3n) is 2.57. The molecule has 0 spiro atoms. The van der Waals surface area contributed by atoms with E-state index < -0.39 is 0 Å². The largest absolute Gasteiger partial charge is 0.496 e. The second-order valence-electron chi connectivity index (χ2n) is 3.77. The molecule has 19 heavy (non-hydrogen) atoms. The number of aromatic nitrogens is 4. The van der Waals surface area contributed by atoms with Crippen LogP contribution >= 0.6 is 11.8 Å². The molecule has 3 rings (SSSR count). The van der Waals surface area contributed by atoms with E-state index in [0.717, 1.165) is 21.1 Å². The number of nitrogens with zero attached hydrogens (tertiary/aromatic N) is 3. The summed E-state index contributed by atoms with van der Waals surface area (Å²) >= 11 is 1.47. The van der Waals surface area contributed by atoms with Crippen LogP contribution in [0.2, 0.25) is 0 Å². The van der Waals surface area contributed by atoms with Gasteiger partial charge in [0.15, 0.2) is 5.65 Å². The van der Waals surface area contributed by atoms with Crippen molar-refractivity contribution < 1.29 is 4.74 Å². The fourth-order valence-corrected chi connectivity index (χ4v) is 2.72. The van der Waals surface area contributed by atoms with Gasteiger partial charge in [-0.1, -0.05) is 23.9 Å². The molecule has 96 valence electrons. The summed E-state index contributed by atoms with van der Waals surface area (Å²) in [4.78, 5) is 9.31. The lowest BCUT2D eigenvalue weighted by molar-refractivity contribution is 0.405. The van der Waals surface area contributed by atoms with Crippen LogP contribution in [0.25, 0.3) is 11.0 Å². The first kappa shape index (κ1) is 11.8. The van der Waals surface area contributed by atoms with E-state index >= 15 is 0 Å². The predicted octanol–water partition coefficient (Wildman–Crippen LogP) is 2.09. The molecule has 3 aromatic rings. The summed E-state index contributed by atoms with van der Waals surface area (Å²) < 4.78 is 5.32. The maximum Gasteiger partial charge on any atom is 0.223 e. The SMILES string of the molecule is COc1ccccc1Sc1nc(N)nc2[nH]ncc12. The van der Waals surface area contributed by atoms with Gasteiger partial charge in [0.25, 0.3) is 0 Å². The highest BCUT2D eigenvalue weighted by molar-refractivity contribution is 7.99. The van der Waals surface area contributed by atoms with E-state index in [1.165, 1.54) is 11.8 Å². The van der Waals surface area contributed by atoms with Crippen LogP contribution in [0.15, 0.2) is 40.4 Å². The lowest BCUT2D eigenvalue weighted by atomic mass is 10.3. The smallest absolute Gasteiger partial charge is 0.223 e. The molecule has 0 aliphatic carbocycles. The number of rotatable bonds is 3. The zero-order valence-corrected chi connectivity index (χ0v) is 10.9. The van der Waals surface area contributed by atoms with Gasteiger partial charge in [-0.3, -0.25) is 5.10 Å². The minimum absolute atomic E-state index is 0.217. The number of H-pyrrole nitrogens is 1. The Labute approximate surface area is 113 Å². The van der Waals surface area contributed by atoms with E-state index in [1.54, 1.807) is 13.3 Å². The molecular formula is C12H11N5OS. The number of nitrogen functional groups attached to an aromatic ring is 1. The van der Waals surface area contributed by atoms with Crippen molar-refractivity contribution in [2.45, 2.75) is 9.92 Å². The van der Waals surface area contributed by atoms with Crippen molar-refractivity contribution in [3.63, 3.8) is 0 Å². The van der Waals surface area contributed by atoms with Crippen molar-refractivity contribution in [2.75, 3.05) is 12.8 Å². The Balaban J connectivity index is 2.07. The maximum atomic E-state index is 5.69. The van der Waals surface area contributed by atoms with Gasteiger partial charge in [0.1, 0.15) is 10.8 Å². The monoisotopic (exact) mass is 273 g/mol. The second-order valence-corrected chi connectivity index (χ2v) is 4.80. The molecule has 0 unspecified atom stereocenters. The number of nitrogens with two attached hydrogens (primary N) is 1. The molecule has 0 aliphatic heterocycles. The summed E-state index contributed by atoms with van der Waals surface area (Å²) in [6.07, 6.45) is 1.69. The van der Waals surface area contributed by atoms with Crippen LogP contribution in [0.5, 0.6) is 5.75 Å². The van der Waals surface area contributed by atoms with Gasteiger partial charge < -0.3 is 10.5 Å². The number of ether oxygens (including phenoxy) is 1. The first-order valence-corrected chi connectivity index (χ1v) is 6.37. The molecule has 2 aromatic heterocycles. The van der Waals surface area contributed by atoms with E-state index in [-0.39, 0.29) is 5.95 Å². The topological polar surface area (TPSA) is 89.7 Å². The van der Waals surface area contributed by atoms with E-state index in [2.05, 4.69) is 20.2 Å². The Kier molecular flexibility index (Phi) is 2.96. The molecule has 6 nitrogen and oxygen atoms in total. The standard InChI is InChI=1S/C12H11N5OS/c1-18-8-4-2-3-5-9(8)19-11-7-6-14-17-10(7)15-12(13)16-11/h2-6H,1H3,(H3,13,14,15,16,17). The fourth-order valence-electron chi connectivity index (χ4n) is 1.71. The quantitative estimate of drug-likeness (QED) is 0.710. The number of hydrogen-bond donors (Lipinski definition) is 2. The Hall–Kier alpha value is -2.28. The highest BCUT2D eigenvalue weighted by Gasteiger charge is 2.11. The molecule has 0 saturated heterocycles. The van der Waals surface area contributed by atoms with Gasteiger partial charge in [0.2, 0.25) is 5.95 Å². The van der Waals surface area contributed by atoms with Crippen molar-refractivity contribution in [2.24, 2.45) is 0 Å². The Morgan fingerprint density at radius 3 is 2.95 bits per heavy atom. The highest BCUT2D eigenvalue weighted by atomic mass is 32.2. The van der Waals surface area contributed by atoms with Gasteiger partial charge in [-0.2, -0.15) is 10.1 Å². The zero-order valence-electron chi connectivity index (χ0n) is 10.1. The van der Waals surface area contributed by atoms with E-state index in [4.69, 9.17) is 10.5 Å². The van der Waals surface area contributed by atoms with Gasteiger partial charge in [-0.05, 0) is 12.1 Å². The number of methoxy groups -OCH3 is 1. The third kappa shape index (κ3) is 2.19. The number of hydrogen-bond acceptors (Lipinski definition) is 6. The Morgan fingerprint density at radius 2 is 2.11 bits per heavy atom. The van der Waals surface area contributed by atoms with Crippen LogP contribution in [-0.2, 0) is 0 Å². The fraction of sp³-hybridized carbons (Fsp3) is 0.0833. The number of para-hydroxylation sites is 1. The first-order chi connectivity index (χ1) is 9.28. The Morgan fingerprint density at radius 1 is 1.26 bits per heavy atom. The molecule has 0 radical (unpaired) electrons. The average molecular weight is 273 g/mol. The molecule has 3 N–H and O–H groups in total. The number of fused-ring (bicyclic) bond motifs is 1. The molecule has 2 heterocycles. The molecule has 0 aliphatic rings. The molecule has 0 fully saturated rings. The normalized spacial score (nSPS) is 10.8. The lowest BCUT2D eigenvalue weighted by Crippen LogP contribution is -1.96. The highest BCUT2D eigenvalue weighted by Crippen LogP contribution is 2.36. The second kappa shape index (κ2) is 4.77. The van der Waals surface area contributed by atoms with Gasteiger partial charge in [-0.15, -0.1) is 0 Å². The molecule has 0 atom stereocenters. The molecule has 0 bridgehead atoms. The summed E-state index contributed by atoms with van der Waals surface area (Å²) in [5.41, 5.74) is 6.32. The summed E-state index contributed by atoms with van der Waals surface area (Å²) in [6.45, 7) is 0. The number of aromatic amines is 1. The number of anilines is 1. The van der Waals surface area contributed by atoms with Crippen molar-refractivity contribution in [1.29, 1.82) is 0 Å². The van der Waals surface area contributed by atoms with Gasteiger partial charge in [0.05, 0.1) is 23.6 Å². The zero-order chi connectivity index (χ0) is 13.2. The van der Waals surface area contributed by atoms with E-state index in [0.29, 0.717) is 5.65 Å². The van der Waals surface area contributed by atoms with Crippen molar-refractivity contribution in [3.8, 4) is 5.75 Å². The number of nitrogens with one attached hydrogen (secondary N) is 1. The minimum atomic E-state index is 0.217. The lowest BCUT2D eigenvalue weighted by Gasteiger charge is -2.07. The summed E-state index contributed by atoms with van der Waals surface area (Å²) in [7, 11) is 1.64. The van der Waals surface area contributed by atoms with E-state index in [1.807, 2.05) is 24.3 Å². The van der Waals surface area contributed by atoms with Crippen LogP contribution in [0.4, 0.5) is 5.95 Å². The van der Waals surface area contributed by atoms with Crippen molar-refractivity contribution in [3.05, 3.63) is 30.5 Å². The average Bonchev–Trinajstić information content (AvgIpc) is 2.87. The van der Waals surface area contributed by atoms with Crippen molar-refractivity contribution in [1.82, 2.24) is 20.2 Å². The predicted molar refractivity (Wildman–Crippen MR) is 73.2 cm³/mol. The molecular weight excluding hydrogens is 262 g/mol.